The number of rotatable bonds is 5. The summed E-state index contributed by atoms with van der Waals surface area (Å²) >= 11 is 3.53. The SMILES string of the molecule is CC(C)C(CN)C(O)Cc1cc(Br)cc2c1OCC2. The third kappa shape index (κ3) is 3.30. The summed E-state index contributed by atoms with van der Waals surface area (Å²) in [5.41, 5.74) is 8.07. The Balaban J connectivity index is 2.19. The van der Waals surface area contributed by atoms with Crippen LogP contribution in [0, 0.1) is 11.8 Å². The number of nitrogens with two attached hydrogens (primary N) is 1. The van der Waals surface area contributed by atoms with Gasteiger partial charge < -0.3 is 15.6 Å². The van der Waals surface area contributed by atoms with Crippen LogP contribution in [0.3, 0.4) is 0 Å². The molecule has 0 spiro atoms. The molecular formula is C15H22BrNO2. The summed E-state index contributed by atoms with van der Waals surface area (Å²) in [6, 6.07) is 4.14. The molecule has 2 unspecified atom stereocenters. The van der Waals surface area contributed by atoms with Gasteiger partial charge in [0.25, 0.3) is 0 Å². The first-order chi connectivity index (χ1) is 9.02. The van der Waals surface area contributed by atoms with Gasteiger partial charge in [0.1, 0.15) is 5.75 Å². The van der Waals surface area contributed by atoms with Crippen molar-refractivity contribution >= 4 is 15.9 Å². The van der Waals surface area contributed by atoms with Gasteiger partial charge in [0.05, 0.1) is 12.7 Å². The van der Waals surface area contributed by atoms with E-state index in [4.69, 9.17) is 10.5 Å². The highest BCUT2D eigenvalue weighted by Crippen LogP contribution is 2.34. The molecule has 106 valence electrons. The van der Waals surface area contributed by atoms with E-state index in [0.29, 0.717) is 18.9 Å². The normalized spacial score (nSPS) is 17.2. The molecular weight excluding hydrogens is 306 g/mol. The highest BCUT2D eigenvalue weighted by molar-refractivity contribution is 9.10. The first kappa shape index (κ1) is 14.8. The van der Waals surface area contributed by atoms with E-state index in [1.165, 1.54) is 5.56 Å². The second-order valence-electron chi connectivity index (χ2n) is 5.57. The van der Waals surface area contributed by atoms with Crippen molar-refractivity contribution in [3.05, 3.63) is 27.7 Å². The van der Waals surface area contributed by atoms with Crippen LogP contribution < -0.4 is 10.5 Å². The first-order valence-electron chi connectivity index (χ1n) is 6.85. The molecule has 0 aromatic heterocycles. The Morgan fingerprint density at radius 3 is 2.79 bits per heavy atom. The summed E-state index contributed by atoms with van der Waals surface area (Å²) in [4.78, 5) is 0. The Morgan fingerprint density at radius 1 is 1.42 bits per heavy atom. The smallest absolute Gasteiger partial charge is 0.125 e. The van der Waals surface area contributed by atoms with E-state index in [1.54, 1.807) is 0 Å². The maximum absolute atomic E-state index is 10.4. The largest absolute Gasteiger partial charge is 0.493 e. The summed E-state index contributed by atoms with van der Waals surface area (Å²) in [5, 5.41) is 10.4. The van der Waals surface area contributed by atoms with Crippen LogP contribution in [-0.4, -0.2) is 24.4 Å². The van der Waals surface area contributed by atoms with Gasteiger partial charge in [-0.1, -0.05) is 29.8 Å². The summed E-state index contributed by atoms with van der Waals surface area (Å²) in [6.45, 7) is 5.44. The predicted molar refractivity (Wildman–Crippen MR) is 80.4 cm³/mol. The van der Waals surface area contributed by atoms with Crippen molar-refractivity contribution in [1.82, 2.24) is 0 Å². The van der Waals surface area contributed by atoms with Crippen LogP contribution in [0.4, 0.5) is 0 Å². The van der Waals surface area contributed by atoms with Gasteiger partial charge in [0, 0.05) is 17.3 Å². The molecule has 1 heterocycles. The number of hydrogen-bond acceptors (Lipinski definition) is 3. The summed E-state index contributed by atoms with van der Waals surface area (Å²) in [5.74, 6) is 1.46. The highest BCUT2D eigenvalue weighted by Gasteiger charge is 2.25. The Labute approximate surface area is 123 Å². The summed E-state index contributed by atoms with van der Waals surface area (Å²) < 4.78 is 6.75. The average molecular weight is 328 g/mol. The molecule has 0 aliphatic carbocycles. The van der Waals surface area contributed by atoms with E-state index in [-0.39, 0.29) is 5.92 Å². The maximum atomic E-state index is 10.4. The molecule has 0 bridgehead atoms. The van der Waals surface area contributed by atoms with Gasteiger partial charge in [-0.2, -0.15) is 0 Å². The molecule has 19 heavy (non-hydrogen) atoms. The molecule has 1 aliphatic rings. The van der Waals surface area contributed by atoms with Gasteiger partial charge in [-0.05, 0) is 41.6 Å². The lowest BCUT2D eigenvalue weighted by Crippen LogP contribution is -2.33. The second-order valence-corrected chi connectivity index (χ2v) is 6.48. The number of fused-ring (bicyclic) bond motifs is 1. The van der Waals surface area contributed by atoms with Crippen LogP contribution >= 0.6 is 15.9 Å². The van der Waals surface area contributed by atoms with Crippen LogP contribution in [0.25, 0.3) is 0 Å². The molecule has 1 aliphatic heterocycles. The molecule has 3 N–H and O–H groups in total. The van der Waals surface area contributed by atoms with Crippen molar-refractivity contribution in [2.75, 3.05) is 13.2 Å². The van der Waals surface area contributed by atoms with E-state index < -0.39 is 6.10 Å². The molecule has 0 amide bonds. The van der Waals surface area contributed by atoms with E-state index in [2.05, 4.69) is 35.8 Å². The molecule has 1 aromatic carbocycles. The van der Waals surface area contributed by atoms with Gasteiger partial charge in [0.2, 0.25) is 0 Å². The maximum Gasteiger partial charge on any atom is 0.125 e. The third-order valence-electron chi connectivity index (χ3n) is 3.88. The van der Waals surface area contributed by atoms with Crippen LogP contribution in [0.5, 0.6) is 5.75 Å². The quantitative estimate of drug-likeness (QED) is 0.873. The van der Waals surface area contributed by atoms with Crippen molar-refractivity contribution in [3.8, 4) is 5.75 Å². The lowest BCUT2D eigenvalue weighted by molar-refractivity contribution is 0.0857. The Morgan fingerprint density at radius 2 is 2.16 bits per heavy atom. The molecule has 0 fully saturated rings. The fraction of sp³-hybridized carbons (Fsp3) is 0.600. The van der Waals surface area contributed by atoms with Gasteiger partial charge in [-0.25, -0.2) is 0 Å². The van der Waals surface area contributed by atoms with Gasteiger partial charge in [-0.15, -0.1) is 0 Å². The van der Waals surface area contributed by atoms with E-state index >= 15 is 0 Å². The summed E-state index contributed by atoms with van der Waals surface area (Å²) in [7, 11) is 0. The Hall–Kier alpha value is -0.580. The minimum atomic E-state index is -0.424. The van der Waals surface area contributed by atoms with Crippen molar-refractivity contribution < 1.29 is 9.84 Å². The van der Waals surface area contributed by atoms with Crippen LogP contribution in [-0.2, 0) is 12.8 Å². The number of benzene rings is 1. The van der Waals surface area contributed by atoms with E-state index in [9.17, 15) is 5.11 Å². The Bertz CT molecular complexity index is 448. The van der Waals surface area contributed by atoms with Crippen LogP contribution in [0.15, 0.2) is 16.6 Å². The fourth-order valence-corrected chi connectivity index (χ4v) is 3.30. The lowest BCUT2D eigenvalue weighted by Gasteiger charge is -2.25. The molecule has 2 rings (SSSR count). The standard InChI is InChI=1S/C15H22BrNO2/c1-9(2)13(8-17)14(18)7-11-6-12(16)5-10-3-4-19-15(10)11/h5-6,9,13-14,18H,3-4,7-8,17H2,1-2H3. The van der Waals surface area contributed by atoms with Gasteiger partial charge >= 0.3 is 0 Å². The minimum absolute atomic E-state index is 0.121. The number of aliphatic hydroxyl groups is 1. The van der Waals surface area contributed by atoms with Gasteiger partial charge in [0.15, 0.2) is 0 Å². The number of ether oxygens (including phenoxy) is 1. The molecule has 1 aromatic rings. The fourth-order valence-electron chi connectivity index (χ4n) is 2.75. The monoisotopic (exact) mass is 327 g/mol. The number of hydrogen-bond donors (Lipinski definition) is 2. The third-order valence-corrected chi connectivity index (χ3v) is 4.33. The van der Waals surface area contributed by atoms with Crippen LogP contribution in [0.2, 0.25) is 0 Å². The first-order valence-corrected chi connectivity index (χ1v) is 7.64. The minimum Gasteiger partial charge on any atom is -0.493 e. The van der Waals surface area contributed by atoms with E-state index in [1.807, 2.05) is 6.07 Å². The molecule has 0 saturated carbocycles. The lowest BCUT2D eigenvalue weighted by atomic mass is 9.86. The number of halogens is 1. The van der Waals surface area contributed by atoms with Crippen molar-refractivity contribution in [3.63, 3.8) is 0 Å². The molecule has 0 radical (unpaired) electrons. The second kappa shape index (κ2) is 6.25. The topological polar surface area (TPSA) is 55.5 Å². The molecule has 3 nitrogen and oxygen atoms in total. The van der Waals surface area contributed by atoms with Crippen molar-refractivity contribution in [1.29, 1.82) is 0 Å². The van der Waals surface area contributed by atoms with Crippen molar-refractivity contribution in [2.45, 2.75) is 32.8 Å². The van der Waals surface area contributed by atoms with Crippen LogP contribution in [0.1, 0.15) is 25.0 Å². The molecule has 4 heteroatoms. The highest BCUT2D eigenvalue weighted by atomic mass is 79.9. The average Bonchev–Trinajstić information content (AvgIpc) is 2.77. The Kier molecular flexibility index (Phi) is 4.87. The molecule has 0 saturated heterocycles. The predicted octanol–water partition coefficient (Wildman–Crippen LogP) is 2.52. The van der Waals surface area contributed by atoms with Gasteiger partial charge in [-0.3, -0.25) is 0 Å². The molecule has 2 atom stereocenters. The van der Waals surface area contributed by atoms with E-state index in [0.717, 1.165) is 28.8 Å². The zero-order chi connectivity index (χ0) is 14.0. The number of aliphatic hydroxyl groups excluding tert-OH is 1. The summed E-state index contributed by atoms with van der Waals surface area (Å²) in [6.07, 6.45) is 1.12. The zero-order valence-corrected chi connectivity index (χ0v) is 13.1. The van der Waals surface area contributed by atoms with Crippen molar-refractivity contribution in [2.24, 2.45) is 17.6 Å². The zero-order valence-electron chi connectivity index (χ0n) is 11.5.